The van der Waals surface area contributed by atoms with Crippen LogP contribution in [0.3, 0.4) is 0 Å². The molecule has 15 heavy (non-hydrogen) atoms. The minimum absolute atomic E-state index is 0.603. The molecule has 0 bridgehead atoms. The van der Waals surface area contributed by atoms with Gasteiger partial charge in [-0.2, -0.15) is 0 Å². The fourth-order valence-electron chi connectivity index (χ4n) is 1.05. The van der Waals surface area contributed by atoms with Gasteiger partial charge in [-0.3, -0.25) is 0 Å². The maximum absolute atomic E-state index is 4.09. The smallest absolute Gasteiger partial charge is 0.227 e. The Hall–Kier alpha value is -1.90. The Morgan fingerprint density at radius 3 is 2.80 bits per heavy atom. The third kappa shape index (κ3) is 4.22. The summed E-state index contributed by atoms with van der Waals surface area (Å²) in [4.78, 5) is 8.17. The lowest BCUT2D eigenvalue weighted by molar-refractivity contribution is 1.13. The quantitative estimate of drug-likeness (QED) is 0.744. The van der Waals surface area contributed by atoms with Gasteiger partial charge in [0.2, 0.25) is 5.95 Å². The Labute approximate surface area is 90.3 Å². The Morgan fingerprint density at radius 1 is 1.47 bits per heavy atom. The molecule has 0 fully saturated rings. The second kappa shape index (κ2) is 6.54. The summed E-state index contributed by atoms with van der Waals surface area (Å²) in [5.74, 6) is 0.603. The molecule has 78 valence electrons. The minimum atomic E-state index is 0.603. The first kappa shape index (κ1) is 11.2. The van der Waals surface area contributed by atoms with Gasteiger partial charge < -0.3 is 5.32 Å². The van der Waals surface area contributed by atoms with E-state index in [2.05, 4.69) is 34.9 Å². The van der Waals surface area contributed by atoms with Crippen LogP contribution in [0.4, 0.5) is 5.95 Å². The number of hydrogen-bond acceptors (Lipinski definition) is 3. The molecule has 0 amide bonds. The lowest BCUT2D eigenvalue weighted by Crippen LogP contribution is -2.00. The van der Waals surface area contributed by atoms with Crippen LogP contribution < -0.4 is 5.32 Å². The van der Waals surface area contributed by atoms with Crippen molar-refractivity contribution in [1.82, 2.24) is 9.97 Å². The van der Waals surface area contributed by atoms with Gasteiger partial charge in [-0.25, -0.2) is 9.97 Å². The van der Waals surface area contributed by atoms with Gasteiger partial charge in [0.15, 0.2) is 0 Å². The molecule has 3 heteroatoms. The second-order valence-corrected chi connectivity index (χ2v) is 2.86. The molecule has 0 aliphatic rings. The summed E-state index contributed by atoms with van der Waals surface area (Å²) < 4.78 is 0. The molecule has 0 aromatic carbocycles. The molecule has 1 heterocycles. The molecule has 1 aromatic heterocycles. The summed E-state index contributed by atoms with van der Waals surface area (Å²) in [6.45, 7) is 5.71. The highest BCUT2D eigenvalue weighted by Crippen LogP contribution is 2.04. The minimum Gasteiger partial charge on any atom is -0.324 e. The molecule has 1 aromatic rings. The van der Waals surface area contributed by atoms with Crippen LogP contribution in [0.5, 0.6) is 0 Å². The predicted octanol–water partition coefficient (Wildman–Crippen LogP) is 2.92. The van der Waals surface area contributed by atoms with Crippen LogP contribution in [0, 0.1) is 0 Å². The number of hydrogen-bond donors (Lipinski definition) is 1. The molecular weight excluding hydrogens is 186 g/mol. The zero-order valence-electron chi connectivity index (χ0n) is 8.85. The fourth-order valence-corrected chi connectivity index (χ4v) is 1.05. The molecule has 0 spiro atoms. The number of aromatic nitrogens is 2. The Kier molecular flexibility index (Phi) is 4.87. The highest BCUT2D eigenvalue weighted by atomic mass is 15.1. The van der Waals surface area contributed by atoms with Gasteiger partial charge in [-0.1, -0.05) is 31.7 Å². The zero-order valence-corrected chi connectivity index (χ0v) is 8.85. The summed E-state index contributed by atoms with van der Waals surface area (Å²) in [5.41, 5.74) is 0.976. The van der Waals surface area contributed by atoms with Crippen molar-refractivity contribution in [3.05, 3.63) is 55.0 Å². The van der Waals surface area contributed by atoms with Crippen molar-refractivity contribution >= 4 is 5.95 Å². The zero-order chi connectivity index (χ0) is 10.9. The maximum Gasteiger partial charge on any atom is 0.227 e. The lowest BCUT2D eigenvalue weighted by Gasteiger charge is -2.04. The normalized spacial score (nSPS) is 11.7. The van der Waals surface area contributed by atoms with Crippen LogP contribution in [-0.2, 0) is 0 Å². The fraction of sp³-hybridized carbons (Fsp3) is 0.167. The van der Waals surface area contributed by atoms with Gasteiger partial charge >= 0.3 is 0 Å². The van der Waals surface area contributed by atoms with Crippen molar-refractivity contribution < 1.29 is 0 Å². The van der Waals surface area contributed by atoms with Gasteiger partial charge in [0.05, 0.1) is 0 Å². The topological polar surface area (TPSA) is 37.8 Å². The average Bonchev–Trinajstić information content (AvgIpc) is 2.28. The molecule has 0 atom stereocenters. The van der Waals surface area contributed by atoms with Gasteiger partial charge in [0.25, 0.3) is 0 Å². The van der Waals surface area contributed by atoms with Crippen molar-refractivity contribution in [1.29, 1.82) is 0 Å². The number of anilines is 1. The number of allylic oxidation sites excluding steroid dienone is 4. The highest BCUT2D eigenvalue weighted by Gasteiger charge is 1.94. The summed E-state index contributed by atoms with van der Waals surface area (Å²) in [6, 6.07) is 1.79. The second-order valence-electron chi connectivity index (χ2n) is 2.86. The van der Waals surface area contributed by atoms with Crippen molar-refractivity contribution in [3.63, 3.8) is 0 Å². The van der Waals surface area contributed by atoms with E-state index in [1.807, 2.05) is 12.2 Å². The van der Waals surface area contributed by atoms with Gasteiger partial charge in [-0.05, 0) is 18.6 Å². The third-order valence-electron chi connectivity index (χ3n) is 1.66. The SMILES string of the molecule is C=C/C=C\C(=C/CC)Nc1ncccn1. The maximum atomic E-state index is 4.09. The predicted molar refractivity (Wildman–Crippen MR) is 63.4 cm³/mol. The average molecular weight is 201 g/mol. The van der Waals surface area contributed by atoms with Crippen molar-refractivity contribution in [3.8, 4) is 0 Å². The number of nitrogens with one attached hydrogen (secondary N) is 1. The van der Waals surface area contributed by atoms with Gasteiger partial charge in [0, 0.05) is 18.1 Å². The molecule has 0 aliphatic heterocycles. The van der Waals surface area contributed by atoms with E-state index in [-0.39, 0.29) is 0 Å². The Balaban J connectivity index is 2.71. The van der Waals surface area contributed by atoms with Crippen molar-refractivity contribution in [2.24, 2.45) is 0 Å². The van der Waals surface area contributed by atoms with Crippen molar-refractivity contribution in [2.45, 2.75) is 13.3 Å². The molecule has 0 unspecified atom stereocenters. The van der Waals surface area contributed by atoms with Gasteiger partial charge in [-0.15, -0.1) is 0 Å². The standard InChI is InChI=1S/C12H15N3/c1-3-5-8-11(7-4-2)15-12-13-9-6-10-14-12/h3,5-10H,1,4H2,2H3,(H,13,14,15)/b8-5-,11-7+. The molecule has 0 saturated carbocycles. The molecule has 1 rings (SSSR count). The summed E-state index contributed by atoms with van der Waals surface area (Å²) in [5, 5.41) is 3.12. The van der Waals surface area contributed by atoms with Crippen LogP contribution in [0.15, 0.2) is 55.0 Å². The van der Waals surface area contributed by atoms with E-state index in [9.17, 15) is 0 Å². The number of nitrogens with zero attached hydrogens (tertiary/aromatic N) is 2. The van der Waals surface area contributed by atoms with E-state index in [4.69, 9.17) is 0 Å². The molecular formula is C12H15N3. The van der Waals surface area contributed by atoms with Crippen LogP contribution in [-0.4, -0.2) is 9.97 Å². The summed E-state index contributed by atoms with van der Waals surface area (Å²) in [7, 11) is 0. The summed E-state index contributed by atoms with van der Waals surface area (Å²) >= 11 is 0. The molecule has 0 aliphatic carbocycles. The van der Waals surface area contributed by atoms with E-state index in [1.54, 1.807) is 24.5 Å². The first-order chi connectivity index (χ1) is 7.36. The number of rotatable bonds is 5. The van der Waals surface area contributed by atoms with Crippen LogP contribution in [0.2, 0.25) is 0 Å². The largest absolute Gasteiger partial charge is 0.324 e. The summed E-state index contributed by atoms with van der Waals surface area (Å²) in [6.07, 6.45) is 12.0. The first-order valence-electron chi connectivity index (χ1n) is 4.90. The molecule has 1 N–H and O–H groups in total. The van der Waals surface area contributed by atoms with Crippen molar-refractivity contribution in [2.75, 3.05) is 5.32 Å². The molecule has 3 nitrogen and oxygen atoms in total. The van der Waals surface area contributed by atoms with Crippen LogP contribution in [0.1, 0.15) is 13.3 Å². The van der Waals surface area contributed by atoms with Crippen LogP contribution >= 0.6 is 0 Å². The third-order valence-corrected chi connectivity index (χ3v) is 1.66. The Bertz CT molecular complexity index is 352. The van der Waals surface area contributed by atoms with E-state index >= 15 is 0 Å². The highest BCUT2D eigenvalue weighted by molar-refractivity contribution is 5.39. The van der Waals surface area contributed by atoms with Gasteiger partial charge in [0.1, 0.15) is 0 Å². The first-order valence-corrected chi connectivity index (χ1v) is 4.90. The monoisotopic (exact) mass is 201 g/mol. The Morgan fingerprint density at radius 2 is 2.20 bits per heavy atom. The lowest BCUT2D eigenvalue weighted by atomic mass is 10.3. The van der Waals surface area contributed by atoms with E-state index in [0.29, 0.717) is 5.95 Å². The van der Waals surface area contributed by atoms with Crippen LogP contribution in [0.25, 0.3) is 0 Å². The van der Waals surface area contributed by atoms with E-state index in [1.165, 1.54) is 0 Å². The molecule has 0 saturated heterocycles. The van der Waals surface area contributed by atoms with E-state index in [0.717, 1.165) is 12.1 Å². The van der Waals surface area contributed by atoms with E-state index < -0.39 is 0 Å². The molecule has 0 radical (unpaired) electrons.